The van der Waals surface area contributed by atoms with Gasteiger partial charge in [0.05, 0.1) is 18.2 Å². The molecule has 0 saturated heterocycles. The lowest BCUT2D eigenvalue weighted by atomic mass is 10.3. The lowest BCUT2D eigenvalue weighted by Gasteiger charge is -2.11. The summed E-state index contributed by atoms with van der Waals surface area (Å²) in [6, 6.07) is 0. The van der Waals surface area contributed by atoms with Gasteiger partial charge in [-0.3, -0.25) is 4.99 Å². The average Bonchev–Trinajstić information content (AvgIpc) is 2.93. The molecule has 0 aliphatic rings. The van der Waals surface area contributed by atoms with Gasteiger partial charge in [-0.25, -0.2) is 4.98 Å². The second kappa shape index (κ2) is 12.4. The molecule has 7 heteroatoms. The summed E-state index contributed by atoms with van der Waals surface area (Å²) in [7, 11) is 3.47. The minimum atomic E-state index is 0.660. The van der Waals surface area contributed by atoms with Crippen molar-refractivity contribution in [2.45, 2.75) is 26.2 Å². The lowest BCUT2D eigenvalue weighted by Crippen LogP contribution is -2.38. The van der Waals surface area contributed by atoms with E-state index in [1.165, 1.54) is 4.88 Å². The third-order valence-electron chi connectivity index (χ3n) is 2.96. The number of rotatable bonds is 11. The largest absolute Gasteiger partial charge is 0.382 e. The van der Waals surface area contributed by atoms with Crippen molar-refractivity contribution in [1.29, 1.82) is 0 Å². The molecule has 1 aromatic heterocycles. The zero-order chi connectivity index (χ0) is 16.0. The second-order valence-electron chi connectivity index (χ2n) is 4.85. The SMILES string of the molecule is CN=C(NCCCCOCCOC)NCCc1ncc(C)s1. The number of aryl methyl sites for hydroxylation is 1. The summed E-state index contributed by atoms with van der Waals surface area (Å²) < 4.78 is 10.3. The Kier molecular flexibility index (Phi) is 10.6. The van der Waals surface area contributed by atoms with E-state index in [2.05, 4.69) is 27.5 Å². The van der Waals surface area contributed by atoms with Crippen molar-refractivity contribution in [3.8, 4) is 0 Å². The summed E-state index contributed by atoms with van der Waals surface area (Å²) in [5.74, 6) is 0.841. The third kappa shape index (κ3) is 8.96. The number of nitrogens with one attached hydrogen (secondary N) is 2. The van der Waals surface area contributed by atoms with Gasteiger partial charge in [-0.1, -0.05) is 0 Å². The van der Waals surface area contributed by atoms with Crippen LogP contribution in [0, 0.1) is 6.92 Å². The zero-order valence-corrected chi connectivity index (χ0v) is 14.7. The van der Waals surface area contributed by atoms with Gasteiger partial charge in [-0.05, 0) is 19.8 Å². The van der Waals surface area contributed by atoms with Crippen molar-refractivity contribution in [3.05, 3.63) is 16.1 Å². The Morgan fingerprint density at radius 2 is 2.05 bits per heavy atom. The minimum absolute atomic E-state index is 0.660. The molecule has 0 saturated carbocycles. The van der Waals surface area contributed by atoms with Crippen LogP contribution < -0.4 is 10.6 Å². The number of hydrogen-bond donors (Lipinski definition) is 2. The van der Waals surface area contributed by atoms with E-state index in [1.807, 2.05) is 6.20 Å². The average molecular weight is 328 g/mol. The van der Waals surface area contributed by atoms with Crippen LogP contribution in [0.5, 0.6) is 0 Å². The Hall–Kier alpha value is -1.18. The predicted octanol–water partition coefficient (Wildman–Crippen LogP) is 1.60. The maximum absolute atomic E-state index is 5.42. The Balaban J connectivity index is 2.00. The topological polar surface area (TPSA) is 67.8 Å². The Bertz CT molecular complexity index is 423. The van der Waals surface area contributed by atoms with Crippen molar-refractivity contribution in [1.82, 2.24) is 15.6 Å². The fourth-order valence-electron chi connectivity index (χ4n) is 1.81. The van der Waals surface area contributed by atoms with E-state index in [4.69, 9.17) is 9.47 Å². The van der Waals surface area contributed by atoms with Crippen LogP contribution in [0.15, 0.2) is 11.2 Å². The minimum Gasteiger partial charge on any atom is -0.382 e. The first kappa shape index (κ1) is 18.9. The Labute approximate surface area is 137 Å². The van der Waals surface area contributed by atoms with E-state index in [0.717, 1.165) is 49.9 Å². The predicted molar refractivity (Wildman–Crippen MR) is 91.8 cm³/mol. The van der Waals surface area contributed by atoms with Crippen molar-refractivity contribution >= 4 is 17.3 Å². The summed E-state index contributed by atoms with van der Waals surface area (Å²) in [5, 5.41) is 7.77. The number of aliphatic imine (C=N–C) groups is 1. The van der Waals surface area contributed by atoms with Gasteiger partial charge in [0, 0.05) is 51.3 Å². The fourth-order valence-corrected chi connectivity index (χ4v) is 2.59. The molecule has 0 aromatic carbocycles. The molecule has 6 nitrogen and oxygen atoms in total. The van der Waals surface area contributed by atoms with Crippen LogP contribution in [-0.4, -0.2) is 58.0 Å². The highest BCUT2D eigenvalue weighted by Gasteiger charge is 2.00. The van der Waals surface area contributed by atoms with Gasteiger partial charge >= 0.3 is 0 Å². The molecule has 1 heterocycles. The van der Waals surface area contributed by atoms with Crippen molar-refractivity contribution < 1.29 is 9.47 Å². The number of guanidine groups is 1. The summed E-state index contributed by atoms with van der Waals surface area (Å²) >= 11 is 1.75. The standard InChI is InChI=1S/C15H28N4O2S/c1-13-12-19-14(22-13)6-8-18-15(16-2)17-7-4-5-9-21-11-10-20-3/h12H,4-11H2,1-3H3,(H2,16,17,18). The van der Waals surface area contributed by atoms with E-state index in [-0.39, 0.29) is 0 Å². The van der Waals surface area contributed by atoms with Crippen LogP contribution in [-0.2, 0) is 15.9 Å². The molecule has 0 unspecified atom stereocenters. The molecular formula is C15H28N4O2S. The first-order chi connectivity index (χ1) is 10.8. The number of nitrogens with zero attached hydrogens (tertiary/aromatic N) is 2. The molecule has 0 radical (unpaired) electrons. The summed E-state index contributed by atoms with van der Waals surface area (Å²) in [5.41, 5.74) is 0. The van der Waals surface area contributed by atoms with Gasteiger partial charge in [0.25, 0.3) is 0 Å². The van der Waals surface area contributed by atoms with Gasteiger partial charge in [0.2, 0.25) is 0 Å². The molecule has 0 atom stereocenters. The molecule has 0 aliphatic heterocycles. The van der Waals surface area contributed by atoms with E-state index >= 15 is 0 Å². The molecule has 0 spiro atoms. The maximum atomic E-state index is 5.42. The van der Waals surface area contributed by atoms with Crippen molar-refractivity contribution in [3.63, 3.8) is 0 Å². The van der Waals surface area contributed by atoms with Gasteiger partial charge in [0.15, 0.2) is 5.96 Å². The van der Waals surface area contributed by atoms with E-state index in [9.17, 15) is 0 Å². The smallest absolute Gasteiger partial charge is 0.190 e. The highest BCUT2D eigenvalue weighted by molar-refractivity contribution is 7.11. The Morgan fingerprint density at radius 3 is 2.73 bits per heavy atom. The fraction of sp³-hybridized carbons (Fsp3) is 0.733. The zero-order valence-electron chi connectivity index (χ0n) is 13.9. The molecular weight excluding hydrogens is 300 g/mol. The number of hydrogen-bond acceptors (Lipinski definition) is 5. The normalized spacial score (nSPS) is 11.7. The maximum Gasteiger partial charge on any atom is 0.190 e. The molecule has 126 valence electrons. The van der Waals surface area contributed by atoms with Gasteiger partial charge in [-0.2, -0.15) is 0 Å². The molecule has 0 fully saturated rings. The van der Waals surface area contributed by atoms with Crippen LogP contribution in [0.4, 0.5) is 0 Å². The van der Waals surface area contributed by atoms with E-state index < -0.39 is 0 Å². The van der Waals surface area contributed by atoms with E-state index in [0.29, 0.717) is 13.2 Å². The summed E-state index contributed by atoms with van der Waals surface area (Å²) in [6.45, 7) is 5.92. The lowest BCUT2D eigenvalue weighted by molar-refractivity contribution is 0.0689. The first-order valence-electron chi connectivity index (χ1n) is 7.68. The molecule has 22 heavy (non-hydrogen) atoms. The van der Waals surface area contributed by atoms with E-state index in [1.54, 1.807) is 25.5 Å². The number of ether oxygens (including phenoxy) is 2. The van der Waals surface area contributed by atoms with Crippen LogP contribution >= 0.6 is 11.3 Å². The van der Waals surface area contributed by atoms with Crippen LogP contribution in [0.1, 0.15) is 22.7 Å². The molecule has 0 amide bonds. The summed E-state index contributed by atoms with van der Waals surface area (Å²) in [4.78, 5) is 9.82. The molecule has 1 rings (SSSR count). The van der Waals surface area contributed by atoms with Crippen molar-refractivity contribution in [2.24, 2.45) is 4.99 Å². The molecule has 0 bridgehead atoms. The molecule has 2 N–H and O–H groups in total. The quantitative estimate of drug-likeness (QED) is 0.367. The molecule has 1 aromatic rings. The Morgan fingerprint density at radius 1 is 1.23 bits per heavy atom. The van der Waals surface area contributed by atoms with Gasteiger partial charge < -0.3 is 20.1 Å². The van der Waals surface area contributed by atoms with Crippen LogP contribution in [0.25, 0.3) is 0 Å². The first-order valence-corrected chi connectivity index (χ1v) is 8.50. The van der Waals surface area contributed by atoms with Crippen LogP contribution in [0.2, 0.25) is 0 Å². The highest BCUT2D eigenvalue weighted by Crippen LogP contribution is 2.10. The van der Waals surface area contributed by atoms with Gasteiger partial charge in [0.1, 0.15) is 0 Å². The third-order valence-corrected chi connectivity index (χ3v) is 3.94. The number of thiazole rings is 1. The number of methoxy groups -OCH3 is 1. The monoisotopic (exact) mass is 328 g/mol. The van der Waals surface area contributed by atoms with Crippen molar-refractivity contribution in [2.75, 3.05) is 47.1 Å². The number of unbranched alkanes of at least 4 members (excludes halogenated alkanes) is 1. The molecule has 0 aliphatic carbocycles. The number of aromatic nitrogens is 1. The van der Waals surface area contributed by atoms with Gasteiger partial charge in [-0.15, -0.1) is 11.3 Å². The second-order valence-corrected chi connectivity index (χ2v) is 6.17. The van der Waals surface area contributed by atoms with Crippen LogP contribution in [0.3, 0.4) is 0 Å². The summed E-state index contributed by atoms with van der Waals surface area (Å²) in [6.07, 6.45) is 4.93. The highest BCUT2D eigenvalue weighted by atomic mass is 32.1.